The summed E-state index contributed by atoms with van der Waals surface area (Å²) in [5.74, 6) is -1.58. The lowest BCUT2D eigenvalue weighted by Gasteiger charge is -2.41. The molecule has 0 saturated carbocycles. The van der Waals surface area contributed by atoms with Gasteiger partial charge in [0.25, 0.3) is 0 Å². The molecule has 0 fully saturated rings. The minimum absolute atomic E-state index is 0.0107. The third-order valence-electron chi connectivity index (χ3n) is 6.97. The zero-order valence-corrected chi connectivity index (χ0v) is 22.1. The van der Waals surface area contributed by atoms with Crippen molar-refractivity contribution in [1.29, 1.82) is 0 Å². The highest BCUT2D eigenvalue weighted by Crippen LogP contribution is 2.51. The molecule has 2 aromatic carbocycles. The summed E-state index contributed by atoms with van der Waals surface area (Å²) in [5.41, 5.74) is 1.24. The van der Waals surface area contributed by atoms with E-state index in [4.69, 9.17) is 9.47 Å². The van der Waals surface area contributed by atoms with Crippen LogP contribution >= 0.6 is 0 Å². The monoisotopic (exact) mass is 540 g/mol. The molecule has 39 heavy (non-hydrogen) atoms. The highest BCUT2D eigenvalue weighted by molar-refractivity contribution is 5.96. The minimum Gasteiger partial charge on any atom is -0.493 e. The normalized spacial score (nSPS) is 21.4. The maximum absolute atomic E-state index is 14.7. The standard InChI is InChI=1S/C29H33FN2O7/c1-16(2)10-24(35)32(14-18-6-4-5-7-21(18)30)22-13-20(29(37)31-8-9-33)25-19-11-17(15-34)12-23(38-3)27(19)39-28(25)26(22)36/h4-7,11-13,15-16,22,25-26,28,33,36H,8-10,14H2,1-3H3,(H,31,37). The van der Waals surface area contributed by atoms with E-state index in [1.807, 2.05) is 13.8 Å². The fourth-order valence-electron chi connectivity index (χ4n) is 5.20. The summed E-state index contributed by atoms with van der Waals surface area (Å²) in [6.45, 7) is 3.32. The molecule has 0 radical (unpaired) electrons. The molecular weight excluding hydrogens is 507 g/mol. The number of carbonyl (C=O) groups is 3. The first-order chi connectivity index (χ1) is 18.7. The second kappa shape index (κ2) is 12.0. The fourth-order valence-corrected chi connectivity index (χ4v) is 5.20. The second-order valence-corrected chi connectivity index (χ2v) is 10.1. The van der Waals surface area contributed by atoms with Gasteiger partial charge in [0.05, 0.1) is 25.7 Å². The molecular formula is C29H33FN2O7. The summed E-state index contributed by atoms with van der Waals surface area (Å²) in [5, 5.41) is 23.6. The molecule has 0 bridgehead atoms. The number of halogens is 1. The molecule has 2 amide bonds. The van der Waals surface area contributed by atoms with Crippen molar-refractivity contribution in [3.63, 3.8) is 0 Å². The number of nitrogens with one attached hydrogen (secondary N) is 1. The first-order valence-electron chi connectivity index (χ1n) is 12.9. The van der Waals surface area contributed by atoms with Crippen LogP contribution in [-0.2, 0) is 16.1 Å². The van der Waals surface area contributed by atoms with Crippen LogP contribution in [0, 0.1) is 11.7 Å². The lowest BCUT2D eigenvalue weighted by atomic mass is 9.77. The van der Waals surface area contributed by atoms with Gasteiger partial charge in [0, 0.05) is 41.8 Å². The number of carbonyl (C=O) groups excluding carboxylic acids is 3. The van der Waals surface area contributed by atoms with E-state index < -0.39 is 35.9 Å². The molecule has 1 heterocycles. The molecule has 4 atom stereocenters. The van der Waals surface area contributed by atoms with E-state index in [1.54, 1.807) is 24.3 Å². The topological polar surface area (TPSA) is 125 Å². The zero-order valence-electron chi connectivity index (χ0n) is 22.1. The Kier molecular flexibility index (Phi) is 8.66. The van der Waals surface area contributed by atoms with E-state index in [-0.39, 0.29) is 60.6 Å². The van der Waals surface area contributed by atoms with Crippen molar-refractivity contribution < 1.29 is 38.5 Å². The van der Waals surface area contributed by atoms with Crippen molar-refractivity contribution in [1.82, 2.24) is 10.2 Å². The van der Waals surface area contributed by atoms with Crippen molar-refractivity contribution in [2.75, 3.05) is 20.3 Å². The number of amides is 2. The average molecular weight is 541 g/mol. The number of aliphatic hydroxyl groups is 2. The molecule has 3 N–H and O–H groups in total. The average Bonchev–Trinajstić information content (AvgIpc) is 3.31. The Morgan fingerprint density at radius 3 is 2.64 bits per heavy atom. The number of nitrogens with zero attached hydrogens (tertiary/aromatic N) is 1. The van der Waals surface area contributed by atoms with Gasteiger partial charge < -0.3 is 29.9 Å². The highest BCUT2D eigenvalue weighted by atomic mass is 19.1. The molecule has 2 aliphatic rings. The van der Waals surface area contributed by atoms with Gasteiger partial charge in [-0.1, -0.05) is 32.0 Å². The molecule has 9 nitrogen and oxygen atoms in total. The van der Waals surface area contributed by atoms with Crippen LogP contribution in [0.3, 0.4) is 0 Å². The van der Waals surface area contributed by atoms with Crippen LogP contribution in [0.25, 0.3) is 0 Å². The third kappa shape index (κ3) is 5.67. The number of rotatable bonds is 10. The molecule has 4 unspecified atom stereocenters. The Bertz CT molecular complexity index is 1280. The van der Waals surface area contributed by atoms with Crippen molar-refractivity contribution in [3.05, 3.63) is 70.6 Å². The van der Waals surface area contributed by atoms with Crippen LogP contribution in [0.5, 0.6) is 11.5 Å². The fraction of sp³-hybridized carbons (Fsp3) is 0.414. The van der Waals surface area contributed by atoms with Crippen molar-refractivity contribution >= 4 is 18.1 Å². The largest absolute Gasteiger partial charge is 0.493 e. The van der Waals surface area contributed by atoms with Crippen LogP contribution < -0.4 is 14.8 Å². The number of methoxy groups -OCH3 is 1. The summed E-state index contributed by atoms with van der Waals surface area (Å²) in [4.78, 5) is 39.8. The van der Waals surface area contributed by atoms with E-state index in [0.717, 1.165) is 0 Å². The number of hydrogen-bond acceptors (Lipinski definition) is 7. The summed E-state index contributed by atoms with van der Waals surface area (Å²) >= 11 is 0. The maximum Gasteiger partial charge on any atom is 0.247 e. The SMILES string of the molecule is COc1cc(C=O)cc2c1OC1C2C(C(=O)NCCO)=CC(N(Cc2ccccc2F)C(=O)CC(C)C)C1O. The molecule has 10 heteroatoms. The van der Waals surface area contributed by atoms with Gasteiger partial charge >= 0.3 is 0 Å². The molecule has 1 aliphatic heterocycles. The van der Waals surface area contributed by atoms with E-state index in [2.05, 4.69) is 5.32 Å². The van der Waals surface area contributed by atoms with Crippen LogP contribution in [0.15, 0.2) is 48.0 Å². The van der Waals surface area contributed by atoms with E-state index in [0.29, 0.717) is 17.4 Å². The van der Waals surface area contributed by atoms with Crippen LogP contribution in [0.4, 0.5) is 4.39 Å². The number of benzene rings is 2. The first kappa shape index (κ1) is 28.3. The second-order valence-electron chi connectivity index (χ2n) is 10.1. The Balaban J connectivity index is 1.84. The zero-order chi connectivity index (χ0) is 28.3. The van der Waals surface area contributed by atoms with Gasteiger partial charge in [0.15, 0.2) is 11.5 Å². The highest BCUT2D eigenvalue weighted by Gasteiger charge is 2.51. The van der Waals surface area contributed by atoms with Crippen molar-refractivity contribution in [2.45, 2.75) is 51.0 Å². The van der Waals surface area contributed by atoms with Gasteiger partial charge in [0.2, 0.25) is 11.8 Å². The Labute approximate surface area is 226 Å². The maximum atomic E-state index is 14.7. The number of hydrogen-bond donors (Lipinski definition) is 3. The van der Waals surface area contributed by atoms with Crippen molar-refractivity contribution in [2.24, 2.45) is 5.92 Å². The Morgan fingerprint density at radius 1 is 1.26 bits per heavy atom. The predicted octanol–water partition coefficient (Wildman–Crippen LogP) is 2.34. The molecule has 0 saturated heterocycles. The van der Waals surface area contributed by atoms with E-state index in [9.17, 15) is 29.0 Å². The summed E-state index contributed by atoms with van der Waals surface area (Å²) in [6.07, 6.45) is -0.00670. The van der Waals surface area contributed by atoms with Gasteiger partial charge in [0.1, 0.15) is 24.3 Å². The van der Waals surface area contributed by atoms with Gasteiger partial charge in [-0.05, 0) is 30.2 Å². The number of fused-ring (bicyclic) bond motifs is 3. The Morgan fingerprint density at radius 2 is 2.00 bits per heavy atom. The molecule has 4 rings (SSSR count). The summed E-state index contributed by atoms with van der Waals surface area (Å²) < 4.78 is 26.3. The number of aldehydes is 1. The predicted molar refractivity (Wildman–Crippen MR) is 140 cm³/mol. The summed E-state index contributed by atoms with van der Waals surface area (Å²) in [7, 11) is 1.42. The number of ether oxygens (including phenoxy) is 2. The van der Waals surface area contributed by atoms with Crippen LogP contribution in [0.1, 0.15) is 47.7 Å². The van der Waals surface area contributed by atoms with Crippen LogP contribution in [-0.4, -0.2) is 71.7 Å². The smallest absolute Gasteiger partial charge is 0.247 e. The lowest BCUT2D eigenvalue weighted by Crippen LogP contribution is -2.55. The molecule has 0 spiro atoms. The molecule has 0 aromatic heterocycles. The minimum atomic E-state index is -1.30. The quantitative estimate of drug-likeness (QED) is 0.395. The van der Waals surface area contributed by atoms with Gasteiger partial charge in [-0.2, -0.15) is 0 Å². The molecule has 1 aliphatic carbocycles. The van der Waals surface area contributed by atoms with Crippen molar-refractivity contribution in [3.8, 4) is 11.5 Å². The van der Waals surface area contributed by atoms with Gasteiger partial charge in [-0.3, -0.25) is 14.4 Å². The molecule has 2 aromatic rings. The Hall–Kier alpha value is -3.76. The summed E-state index contributed by atoms with van der Waals surface area (Å²) in [6, 6.07) is 8.12. The van der Waals surface area contributed by atoms with E-state index >= 15 is 0 Å². The first-order valence-corrected chi connectivity index (χ1v) is 12.9. The molecule has 208 valence electrons. The van der Waals surface area contributed by atoms with Gasteiger partial charge in [-0.25, -0.2) is 4.39 Å². The number of aliphatic hydroxyl groups excluding tert-OH is 2. The van der Waals surface area contributed by atoms with E-state index in [1.165, 1.54) is 30.2 Å². The third-order valence-corrected chi connectivity index (χ3v) is 6.97. The lowest BCUT2D eigenvalue weighted by molar-refractivity contribution is -0.138. The van der Waals surface area contributed by atoms with Gasteiger partial charge in [-0.15, -0.1) is 0 Å². The van der Waals surface area contributed by atoms with Crippen LogP contribution in [0.2, 0.25) is 0 Å².